The summed E-state index contributed by atoms with van der Waals surface area (Å²) in [4.78, 5) is 12.4. The van der Waals surface area contributed by atoms with Crippen LogP contribution in [-0.2, 0) is 11.2 Å². The lowest BCUT2D eigenvalue weighted by atomic mass is 9.80. The maximum absolute atomic E-state index is 12.4. The highest BCUT2D eigenvalue weighted by molar-refractivity contribution is 5.95. The molecular weight excluding hydrogens is 260 g/mol. The first-order valence-corrected chi connectivity index (χ1v) is 6.75. The summed E-state index contributed by atoms with van der Waals surface area (Å²) in [6, 6.07) is 8.10. The Morgan fingerprint density at radius 2 is 2.05 bits per heavy atom. The lowest BCUT2D eigenvalue weighted by Gasteiger charge is -2.32. The summed E-state index contributed by atoms with van der Waals surface area (Å²) < 4.78 is 0. The van der Waals surface area contributed by atoms with Gasteiger partial charge in [0, 0.05) is 11.1 Å². The molecule has 0 aromatic heterocycles. The van der Waals surface area contributed by atoms with E-state index in [1.165, 1.54) is 5.56 Å². The van der Waals surface area contributed by atoms with E-state index in [9.17, 15) is 4.79 Å². The van der Waals surface area contributed by atoms with Gasteiger partial charge in [-0.15, -0.1) is 12.4 Å². The third-order valence-corrected chi connectivity index (χ3v) is 3.85. The van der Waals surface area contributed by atoms with E-state index >= 15 is 0 Å². The van der Waals surface area contributed by atoms with Gasteiger partial charge in [-0.05, 0) is 50.0 Å². The highest BCUT2D eigenvalue weighted by Crippen LogP contribution is 2.29. The molecule has 1 aromatic rings. The summed E-state index contributed by atoms with van der Waals surface area (Å²) in [7, 11) is 0. The van der Waals surface area contributed by atoms with E-state index in [0.717, 1.165) is 38.0 Å². The van der Waals surface area contributed by atoms with Crippen molar-refractivity contribution in [3.05, 3.63) is 29.8 Å². The van der Waals surface area contributed by atoms with Crippen molar-refractivity contribution < 1.29 is 4.79 Å². The fraction of sp³-hybridized carbons (Fsp3) is 0.533. The van der Waals surface area contributed by atoms with Gasteiger partial charge in [0.05, 0.1) is 0 Å². The van der Waals surface area contributed by atoms with E-state index in [1.807, 2.05) is 12.1 Å². The molecule has 19 heavy (non-hydrogen) atoms. The highest BCUT2D eigenvalue weighted by Gasteiger charge is 2.34. The zero-order valence-corrected chi connectivity index (χ0v) is 12.5. The van der Waals surface area contributed by atoms with Crippen molar-refractivity contribution >= 4 is 24.0 Å². The maximum atomic E-state index is 12.4. The Labute approximate surface area is 121 Å². The number of benzene rings is 1. The van der Waals surface area contributed by atoms with Gasteiger partial charge >= 0.3 is 0 Å². The molecule has 0 spiro atoms. The molecule has 3 nitrogen and oxygen atoms in total. The molecule has 2 N–H and O–H groups in total. The highest BCUT2D eigenvalue weighted by atomic mass is 35.5. The summed E-state index contributed by atoms with van der Waals surface area (Å²) in [6.07, 6.45) is 2.81. The summed E-state index contributed by atoms with van der Waals surface area (Å²) in [5.74, 6) is 0.150. The van der Waals surface area contributed by atoms with E-state index in [4.69, 9.17) is 0 Å². The van der Waals surface area contributed by atoms with Crippen LogP contribution in [-0.4, -0.2) is 19.0 Å². The summed E-state index contributed by atoms with van der Waals surface area (Å²) in [5.41, 5.74) is 1.94. The maximum Gasteiger partial charge on any atom is 0.230 e. The topological polar surface area (TPSA) is 41.1 Å². The van der Waals surface area contributed by atoms with Crippen LogP contribution in [0.1, 0.15) is 32.3 Å². The first kappa shape index (κ1) is 16.0. The number of halogens is 1. The lowest BCUT2D eigenvalue weighted by Crippen LogP contribution is -2.42. The first-order valence-electron chi connectivity index (χ1n) is 6.75. The minimum atomic E-state index is -0.229. The molecule has 0 atom stereocenters. The number of aryl methyl sites for hydroxylation is 1. The van der Waals surface area contributed by atoms with E-state index in [1.54, 1.807) is 0 Å². The monoisotopic (exact) mass is 282 g/mol. The van der Waals surface area contributed by atoms with Crippen molar-refractivity contribution in [2.45, 2.75) is 33.1 Å². The summed E-state index contributed by atoms with van der Waals surface area (Å²) >= 11 is 0. The van der Waals surface area contributed by atoms with Crippen LogP contribution in [0.25, 0.3) is 0 Å². The fourth-order valence-corrected chi connectivity index (χ4v) is 2.36. The van der Waals surface area contributed by atoms with Crippen molar-refractivity contribution in [1.29, 1.82) is 0 Å². The molecule has 0 saturated carbocycles. The number of carbonyl (C=O) groups excluding carboxylic acids is 1. The van der Waals surface area contributed by atoms with Crippen LogP contribution in [0.2, 0.25) is 0 Å². The smallest absolute Gasteiger partial charge is 0.230 e. The Kier molecular flexibility index (Phi) is 5.83. The van der Waals surface area contributed by atoms with Crippen molar-refractivity contribution in [3.63, 3.8) is 0 Å². The standard InChI is InChI=1S/C15H22N2O.ClH/c1-3-12-5-4-6-13(11-12)17-14(18)15(2)7-9-16-10-8-15;/h4-6,11,16H,3,7-10H2,1-2H3,(H,17,18);1H. The molecular formula is C15H23ClN2O. The Morgan fingerprint density at radius 3 is 2.68 bits per heavy atom. The predicted molar refractivity (Wildman–Crippen MR) is 81.9 cm³/mol. The molecule has 1 heterocycles. The molecule has 4 heteroatoms. The zero-order valence-electron chi connectivity index (χ0n) is 11.7. The fourth-order valence-electron chi connectivity index (χ4n) is 2.36. The van der Waals surface area contributed by atoms with Crippen molar-refractivity contribution in [3.8, 4) is 0 Å². The molecule has 1 amide bonds. The van der Waals surface area contributed by atoms with Crippen molar-refractivity contribution in [1.82, 2.24) is 5.32 Å². The van der Waals surface area contributed by atoms with Crippen LogP contribution in [0.4, 0.5) is 5.69 Å². The van der Waals surface area contributed by atoms with Gasteiger partial charge in [0.25, 0.3) is 0 Å². The molecule has 1 saturated heterocycles. The molecule has 1 aliphatic heterocycles. The molecule has 2 rings (SSSR count). The number of anilines is 1. The normalized spacial score (nSPS) is 17.4. The van der Waals surface area contributed by atoms with Crippen LogP contribution < -0.4 is 10.6 Å². The van der Waals surface area contributed by atoms with E-state index in [2.05, 4.69) is 36.6 Å². The van der Waals surface area contributed by atoms with Crippen LogP contribution >= 0.6 is 12.4 Å². The first-order chi connectivity index (χ1) is 8.64. The zero-order chi connectivity index (χ0) is 13.0. The van der Waals surface area contributed by atoms with Gasteiger partial charge in [-0.3, -0.25) is 4.79 Å². The molecule has 1 aromatic carbocycles. The average molecular weight is 283 g/mol. The molecule has 1 aliphatic rings. The van der Waals surface area contributed by atoms with Crippen LogP contribution in [0.5, 0.6) is 0 Å². The van der Waals surface area contributed by atoms with Crippen LogP contribution in [0.15, 0.2) is 24.3 Å². The van der Waals surface area contributed by atoms with Gasteiger partial charge < -0.3 is 10.6 Å². The van der Waals surface area contributed by atoms with Gasteiger partial charge in [0.2, 0.25) is 5.91 Å². The van der Waals surface area contributed by atoms with Crippen LogP contribution in [0, 0.1) is 5.41 Å². The number of nitrogens with one attached hydrogen (secondary N) is 2. The molecule has 1 fully saturated rings. The second-order valence-electron chi connectivity index (χ2n) is 5.32. The van der Waals surface area contributed by atoms with Crippen LogP contribution in [0.3, 0.4) is 0 Å². The summed E-state index contributed by atoms with van der Waals surface area (Å²) in [6.45, 7) is 6.04. The van der Waals surface area contributed by atoms with Gasteiger partial charge in [0.15, 0.2) is 0 Å². The average Bonchev–Trinajstić information content (AvgIpc) is 2.40. The van der Waals surface area contributed by atoms with Crippen molar-refractivity contribution in [2.75, 3.05) is 18.4 Å². The van der Waals surface area contributed by atoms with E-state index in [-0.39, 0.29) is 23.7 Å². The van der Waals surface area contributed by atoms with Gasteiger partial charge in [-0.2, -0.15) is 0 Å². The van der Waals surface area contributed by atoms with Gasteiger partial charge in [-0.25, -0.2) is 0 Å². The Hall–Kier alpha value is -1.06. The largest absolute Gasteiger partial charge is 0.326 e. The number of carbonyl (C=O) groups is 1. The number of hydrogen-bond acceptors (Lipinski definition) is 2. The third kappa shape index (κ3) is 3.95. The quantitative estimate of drug-likeness (QED) is 0.895. The number of hydrogen-bond donors (Lipinski definition) is 2. The molecule has 0 unspecified atom stereocenters. The number of amides is 1. The molecule has 0 radical (unpaired) electrons. The number of rotatable bonds is 3. The second kappa shape index (κ2) is 6.92. The number of piperidine rings is 1. The molecule has 106 valence electrons. The van der Waals surface area contributed by atoms with Crippen molar-refractivity contribution in [2.24, 2.45) is 5.41 Å². The molecule has 0 bridgehead atoms. The minimum absolute atomic E-state index is 0. The Morgan fingerprint density at radius 1 is 1.37 bits per heavy atom. The van der Waals surface area contributed by atoms with E-state index < -0.39 is 0 Å². The summed E-state index contributed by atoms with van der Waals surface area (Å²) in [5, 5.41) is 6.36. The van der Waals surface area contributed by atoms with E-state index in [0.29, 0.717) is 0 Å². The second-order valence-corrected chi connectivity index (χ2v) is 5.32. The Bertz CT molecular complexity index is 428. The van der Waals surface area contributed by atoms with Gasteiger partial charge in [0.1, 0.15) is 0 Å². The Balaban J connectivity index is 0.00000180. The third-order valence-electron chi connectivity index (χ3n) is 3.85. The lowest BCUT2D eigenvalue weighted by molar-refractivity contribution is -0.126. The minimum Gasteiger partial charge on any atom is -0.326 e. The predicted octanol–water partition coefficient (Wildman–Crippen LogP) is 3.00. The SMILES string of the molecule is CCc1cccc(NC(=O)C2(C)CCNCC2)c1.Cl. The van der Waals surface area contributed by atoms with Gasteiger partial charge in [-0.1, -0.05) is 26.0 Å². The molecule has 0 aliphatic carbocycles.